The number of barbiturate groups is 1. The first-order valence-corrected chi connectivity index (χ1v) is 8.99. The van der Waals surface area contributed by atoms with Crippen LogP contribution in [0.5, 0.6) is 5.75 Å². The second-order valence-corrected chi connectivity index (χ2v) is 7.12. The first-order chi connectivity index (χ1) is 12.8. The van der Waals surface area contributed by atoms with Gasteiger partial charge < -0.3 is 4.74 Å². The predicted octanol–water partition coefficient (Wildman–Crippen LogP) is 3.39. The van der Waals surface area contributed by atoms with Crippen molar-refractivity contribution in [2.75, 3.05) is 0 Å². The maximum Gasteiger partial charge on any atom is 0.328 e. The Balaban J connectivity index is 1.75. The number of nitrogens with one attached hydrogen (secondary N) is 2. The smallest absolute Gasteiger partial charge is 0.328 e. The lowest BCUT2D eigenvalue weighted by Crippen LogP contribution is -2.51. The van der Waals surface area contributed by atoms with Gasteiger partial charge in [-0.3, -0.25) is 20.2 Å². The highest BCUT2D eigenvalue weighted by Crippen LogP contribution is 2.28. The molecule has 0 atom stereocenters. The van der Waals surface area contributed by atoms with Gasteiger partial charge in [-0.25, -0.2) is 4.79 Å². The first-order valence-electron chi connectivity index (χ1n) is 8.20. The summed E-state index contributed by atoms with van der Waals surface area (Å²) in [5.74, 6) is -0.811. The van der Waals surface area contributed by atoms with E-state index in [0.29, 0.717) is 22.4 Å². The first kappa shape index (κ1) is 18.8. The third-order valence-corrected chi connectivity index (χ3v) is 4.51. The van der Waals surface area contributed by atoms with Crippen molar-refractivity contribution in [3.8, 4) is 5.75 Å². The molecule has 1 heterocycles. The Hall–Kier alpha value is -2.93. The van der Waals surface area contributed by atoms with Crippen LogP contribution in [0.15, 0.2) is 46.4 Å². The highest BCUT2D eigenvalue weighted by atomic mass is 79.9. The van der Waals surface area contributed by atoms with Crippen molar-refractivity contribution in [2.45, 2.75) is 20.5 Å². The molecule has 4 amide bonds. The number of hydrogen-bond donors (Lipinski definition) is 2. The molecule has 3 rings (SSSR count). The van der Waals surface area contributed by atoms with Gasteiger partial charge in [0.25, 0.3) is 11.8 Å². The van der Waals surface area contributed by atoms with Crippen LogP contribution in [0.4, 0.5) is 4.79 Å². The van der Waals surface area contributed by atoms with E-state index in [0.717, 1.165) is 5.56 Å². The van der Waals surface area contributed by atoms with Crippen LogP contribution in [-0.2, 0) is 16.2 Å². The summed E-state index contributed by atoms with van der Waals surface area (Å²) in [7, 11) is 0. The Labute approximate surface area is 164 Å². The highest BCUT2D eigenvalue weighted by molar-refractivity contribution is 9.10. The summed E-state index contributed by atoms with van der Waals surface area (Å²) in [5, 5.41) is 4.08. The zero-order valence-electron chi connectivity index (χ0n) is 14.8. The molecule has 0 spiro atoms. The topological polar surface area (TPSA) is 84.5 Å². The normalized spacial score (nSPS) is 13.9. The number of hydrogen-bond acceptors (Lipinski definition) is 4. The minimum absolute atomic E-state index is 0.134. The van der Waals surface area contributed by atoms with E-state index in [9.17, 15) is 14.4 Å². The minimum atomic E-state index is -0.821. The van der Waals surface area contributed by atoms with Gasteiger partial charge in [0.1, 0.15) is 17.9 Å². The van der Waals surface area contributed by atoms with E-state index in [2.05, 4.69) is 34.1 Å². The third-order valence-electron chi connectivity index (χ3n) is 3.89. The van der Waals surface area contributed by atoms with Gasteiger partial charge in [-0.05, 0) is 59.1 Å². The molecule has 0 aliphatic carbocycles. The third kappa shape index (κ3) is 4.62. The van der Waals surface area contributed by atoms with Crippen LogP contribution in [0.25, 0.3) is 6.08 Å². The Morgan fingerprint density at radius 1 is 0.963 bits per heavy atom. The lowest BCUT2D eigenvalue weighted by atomic mass is 10.1. The van der Waals surface area contributed by atoms with Gasteiger partial charge in [-0.2, -0.15) is 0 Å². The summed E-state index contributed by atoms with van der Waals surface area (Å²) in [4.78, 5) is 34.7. The molecule has 6 nitrogen and oxygen atoms in total. The fourth-order valence-electron chi connectivity index (χ4n) is 2.81. The molecule has 1 fully saturated rings. The van der Waals surface area contributed by atoms with Crippen molar-refractivity contribution in [3.63, 3.8) is 0 Å². The van der Waals surface area contributed by atoms with E-state index < -0.39 is 17.8 Å². The molecule has 138 valence electrons. The van der Waals surface area contributed by atoms with E-state index >= 15 is 0 Å². The molecule has 2 N–H and O–H groups in total. The Morgan fingerprint density at radius 2 is 1.59 bits per heavy atom. The molecule has 1 aliphatic rings. The fourth-order valence-corrected chi connectivity index (χ4v) is 3.32. The zero-order chi connectivity index (χ0) is 19.6. The average molecular weight is 429 g/mol. The highest BCUT2D eigenvalue weighted by Gasteiger charge is 2.27. The van der Waals surface area contributed by atoms with Gasteiger partial charge in [0, 0.05) is 0 Å². The fraction of sp³-hybridized carbons (Fsp3) is 0.150. The minimum Gasteiger partial charge on any atom is -0.488 e. The van der Waals surface area contributed by atoms with Crippen molar-refractivity contribution in [2.24, 2.45) is 0 Å². The van der Waals surface area contributed by atoms with E-state index in [1.54, 1.807) is 18.2 Å². The molecule has 2 aromatic carbocycles. The molecule has 0 saturated carbocycles. The monoisotopic (exact) mass is 428 g/mol. The van der Waals surface area contributed by atoms with Gasteiger partial charge >= 0.3 is 6.03 Å². The summed E-state index contributed by atoms with van der Waals surface area (Å²) < 4.78 is 6.55. The number of carbonyl (C=O) groups is 3. The van der Waals surface area contributed by atoms with Crippen LogP contribution >= 0.6 is 15.9 Å². The number of imide groups is 2. The molecule has 0 unspecified atom stereocenters. The lowest BCUT2D eigenvalue weighted by Gasteiger charge is -2.14. The number of halogens is 1. The number of carbonyl (C=O) groups excluding carboxylic acids is 3. The van der Waals surface area contributed by atoms with Crippen LogP contribution in [0.1, 0.15) is 22.3 Å². The van der Waals surface area contributed by atoms with Gasteiger partial charge in [0.2, 0.25) is 0 Å². The molecule has 0 bridgehead atoms. The van der Waals surface area contributed by atoms with E-state index in [4.69, 9.17) is 4.74 Å². The summed E-state index contributed by atoms with van der Waals surface area (Å²) in [6, 6.07) is 10.6. The van der Waals surface area contributed by atoms with Crippen LogP contribution in [-0.4, -0.2) is 17.8 Å². The van der Waals surface area contributed by atoms with Crippen LogP contribution < -0.4 is 15.4 Å². The van der Waals surface area contributed by atoms with Crippen molar-refractivity contribution in [1.82, 2.24) is 10.6 Å². The Morgan fingerprint density at radius 3 is 2.19 bits per heavy atom. The number of urea groups is 1. The second-order valence-electron chi connectivity index (χ2n) is 6.27. The summed E-state index contributed by atoms with van der Waals surface area (Å²) in [5.41, 5.74) is 3.92. The molecule has 2 aromatic rings. The van der Waals surface area contributed by atoms with Crippen molar-refractivity contribution >= 4 is 39.9 Å². The maximum atomic E-state index is 11.8. The average Bonchev–Trinajstić information content (AvgIpc) is 2.56. The van der Waals surface area contributed by atoms with Gasteiger partial charge in [0.15, 0.2) is 0 Å². The van der Waals surface area contributed by atoms with Gasteiger partial charge in [0.05, 0.1) is 4.47 Å². The summed E-state index contributed by atoms with van der Waals surface area (Å²) in [6.07, 6.45) is 1.41. The molecular formula is C20H17BrN2O4. The van der Waals surface area contributed by atoms with Crippen molar-refractivity contribution < 1.29 is 19.1 Å². The van der Waals surface area contributed by atoms with E-state index in [1.807, 2.05) is 24.5 Å². The number of rotatable bonds is 4. The Kier molecular flexibility index (Phi) is 5.41. The summed E-state index contributed by atoms with van der Waals surface area (Å²) in [6.45, 7) is 4.51. The second kappa shape index (κ2) is 7.75. The summed E-state index contributed by atoms with van der Waals surface area (Å²) >= 11 is 3.44. The van der Waals surface area contributed by atoms with E-state index in [1.165, 1.54) is 17.2 Å². The molecule has 1 saturated heterocycles. The van der Waals surface area contributed by atoms with Crippen molar-refractivity contribution in [3.05, 3.63) is 68.7 Å². The molecule has 0 radical (unpaired) electrons. The predicted molar refractivity (Wildman–Crippen MR) is 104 cm³/mol. The Bertz CT molecular complexity index is 940. The lowest BCUT2D eigenvalue weighted by molar-refractivity contribution is -0.123. The van der Waals surface area contributed by atoms with Crippen molar-refractivity contribution in [1.29, 1.82) is 0 Å². The van der Waals surface area contributed by atoms with E-state index in [-0.39, 0.29) is 5.57 Å². The quantitative estimate of drug-likeness (QED) is 0.577. The SMILES string of the molecule is Cc1cc(C)cc(COc2ccc(C=C3C(=O)NC(=O)NC3=O)cc2Br)c1. The number of benzene rings is 2. The van der Waals surface area contributed by atoms with Gasteiger partial charge in [-0.1, -0.05) is 35.4 Å². The maximum absolute atomic E-state index is 11.8. The zero-order valence-corrected chi connectivity index (χ0v) is 16.3. The number of amides is 4. The molecule has 0 aromatic heterocycles. The van der Waals surface area contributed by atoms with Crippen LogP contribution in [0.3, 0.4) is 0 Å². The van der Waals surface area contributed by atoms with Gasteiger partial charge in [-0.15, -0.1) is 0 Å². The molecule has 1 aliphatic heterocycles. The molecule has 27 heavy (non-hydrogen) atoms. The standard InChI is InChI=1S/C20H17BrN2O4/c1-11-5-12(2)7-14(6-11)10-27-17-4-3-13(9-16(17)21)8-15-18(24)22-20(26)23-19(15)25/h3-9H,10H2,1-2H3,(H2,22,23,24,25,26). The molecular weight excluding hydrogens is 412 g/mol. The van der Waals surface area contributed by atoms with Crippen LogP contribution in [0, 0.1) is 13.8 Å². The molecule has 7 heteroatoms. The largest absolute Gasteiger partial charge is 0.488 e. The number of aryl methyl sites for hydroxylation is 2. The van der Waals surface area contributed by atoms with Crippen LogP contribution in [0.2, 0.25) is 0 Å². The number of ether oxygens (including phenoxy) is 1.